The molecule has 7 nitrogen and oxygen atoms in total. The normalized spacial score (nSPS) is 10.9. The monoisotopic (exact) mass is 436 g/mol. The summed E-state index contributed by atoms with van der Waals surface area (Å²) in [6.45, 7) is 5.36. The standard InChI is InChI=1S/C23H24N4O3S/c1-3-29-19-10-6-11-20-22(19)25-23(31-20)27(15-14-26-13-7-12-24-26)21(28)16-30-18-9-5-4-8-17(18)2/h4-13H,3,14-16H2,1-2H3. The van der Waals surface area contributed by atoms with Gasteiger partial charge in [-0.15, -0.1) is 0 Å². The molecule has 2 aromatic carbocycles. The van der Waals surface area contributed by atoms with E-state index in [0.29, 0.717) is 30.6 Å². The number of benzene rings is 2. The smallest absolute Gasteiger partial charge is 0.266 e. The van der Waals surface area contributed by atoms with Crippen LogP contribution in [0.5, 0.6) is 11.5 Å². The summed E-state index contributed by atoms with van der Waals surface area (Å²) in [5, 5.41) is 4.86. The largest absolute Gasteiger partial charge is 0.492 e. The molecule has 0 fully saturated rings. The van der Waals surface area contributed by atoms with Gasteiger partial charge < -0.3 is 9.47 Å². The number of aromatic nitrogens is 3. The number of carbonyl (C=O) groups excluding carboxylic acids is 1. The lowest BCUT2D eigenvalue weighted by atomic mass is 10.2. The molecule has 4 aromatic rings. The van der Waals surface area contributed by atoms with Gasteiger partial charge in [-0.2, -0.15) is 5.10 Å². The SMILES string of the molecule is CCOc1cccc2sc(N(CCn3cccn3)C(=O)COc3ccccc3C)nc12. The number of ether oxygens (including phenoxy) is 2. The Morgan fingerprint density at radius 3 is 2.71 bits per heavy atom. The Balaban J connectivity index is 1.59. The zero-order chi connectivity index (χ0) is 21.6. The van der Waals surface area contributed by atoms with E-state index >= 15 is 0 Å². The highest BCUT2D eigenvalue weighted by Crippen LogP contribution is 2.34. The molecule has 0 unspecified atom stereocenters. The number of nitrogens with zero attached hydrogens (tertiary/aromatic N) is 4. The van der Waals surface area contributed by atoms with Gasteiger partial charge in [0.1, 0.15) is 17.0 Å². The van der Waals surface area contributed by atoms with E-state index in [1.54, 1.807) is 15.8 Å². The van der Waals surface area contributed by atoms with Crippen molar-refractivity contribution >= 4 is 32.6 Å². The van der Waals surface area contributed by atoms with Crippen molar-refractivity contribution in [3.63, 3.8) is 0 Å². The lowest BCUT2D eigenvalue weighted by molar-refractivity contribution is -0.120. The van der Waals surface area contributed by atoms with Crippen molar-refractivity contribution in [1.82, 2.24) is 14.8 Å². The first-order valence-corrected chi connectivity index (χ1v) is 11.0. The molecule has 0 aliphatic carbocycles. The van der Waals surface area contributed by atoms with Gasteiger partial charge in [0.2, 0.25) is 0 Å². The van der Waals surface area contributed by atoms with E-state index in [1.807, 2.05) is 68.6 Å². The van der Waals surface area contributed by atoms with Crippen LogP contribution in [0, 0.1) is 6.92 Å². The Labute approximate surface area is 184 Å². The van der Waals surface area contributed by atoms with Gasteiger partial charge in [0, 0.05) is 18.9 Å². The maximum Gasteiger partial charge on any atom is 0.266 e. The van der Waals surface area contributed by atoms with Gasteiger partial charge in [-0.05, 0) is 43.7 Å². The molecule has 0 spiro atoms. The molecule has 0 atom stereocenters. The molecule has 2 heterocycles. The number of thiazole rings is 1. The molecule has 2 aromatic heterocycles. The third kappa shape index (κ3) is 4.86. The minimum Gasteiger partial charge on any atom is -0.492 e. The lowest BCUT2D eigenvalue weighted by Gasteiger charge is -2.20. The lowest BCUT2D eigenvalue weighted by Crippen LogP contribution is -2.37. The molecule has 0 N–H and O–H groups in total. The minimum absolute atomic E-state index is 0.0712. The number of hydrogen-bond acceptors (Lipinski definition) is 6. The average Bonchev–Trinajstić information content (AvgIpc) is 3.44. The number of rotatable bonds is 9. The van der Waals surface area contributed by atoms with Crippen LogP contribution in [-0.2, 0) is 11.3 Å². The number of amides is 1. The number of para-hydroxylation sites is 2. The summed E-state index contributed by atoms with van der Waals surface area (Å²) in [5.41, 5.74) is 1.75. The van der Waals surface area contributed by atoms with Crippen molar-refractivity contribution in [2.45, 2.75) is 20.4 Å². The number of fused-ring (bicyclic) bond motifs is 1. The van der Waals surface area contributed by atoms with E-state index < -0.39 is 0 Å². The minimum atomic E-state index is -0.160. The molecule has 0 saturated heterocycles. The summed E-state index contributed by atoms with van der Waals surface area (Å²) >= 11 is 1.46. The molecular weight excluding hydrogens is 412 g/mol. The van der Waals surface area contributed by atoms with Crippen LogP contribution in [-0.4, -0.2) is 40.4 Å². The molecule has 0 saturated carbocycles. The molecule has 0 aliphatic heterocycles. The van der Waals surface area contributed by atoms with Crippen LogP contribution in [0.15, 0.2) is 60.9 Å². The number of hydrogen-bond donors (Lipinski definition) is 0. The van der Waals surface area contributed by atoms with Crippen LogP contribution in [0.25, 0.3) is 10.2 Å². The fourth-order valence-electron chi connectivity index (χ4n) is 3.20. The Bertz CT molecular complexity index is 1160. The molecule has 0 radical (unpaired) electrons. The highest BCUT2D eigenvalue weighted by molar-refractivity contribution is 7.22. The Kier molecular flexibility index (Phi) is 6.47. The summed E-state index contributed by atoms with van der Waals surface area (Å²) in [6, 6.07) is 15.3. The highest BCUT2D eigenvalue weighted by Gasteiger charge is 2.22. The van der Waals surface area contributed by atoms with E-state index in [1.165, 1.54) is 11.3 Å². The van der Waals surface area contributed by atoms with Crippen LogP contribution >= 0.6 is 11.3 Å². The fourth-order valence-corrected chi connectivity index (χ4v) is 4.22. The van der Waals surface area contributed by atoms with Gasteiger partial charge in [-0.25, -0.2) is 4.98 Å². The van der Waals surface area contributed by atoms with Crippen LogP contribution < -0.4 is 14.4 Å². The summed E-state index contributed by atoms with van der Waals surface area (Å²) < 4.78 is 14.3. The maximum atomic E-state index is 13.2. The molecular formula is C23H24N4O3S. The number of anilines is 1. The first kappa shape index (κ1) is 20.9. The number of carbonyl (C=O) groups is 1. The van der Waals surface area contributed by atoms with Crippen LogP contribution in [0.4, 0.5) is 5.13 Å². The van der Waals surface area contributed by atoms with Crippen molar-refractivity contribution in [3.05, 3.63) is 66.5 Å². The molecule has 1 amide bonds. The topological polar surface area (TPSA) is 69.5 Å². The number of aryl methyl sites for hydroxylation is 1. The Morgan fingerprint density at radius 2 is 1.94 bits per heavy atom. The van der Waals surface area contributed by atoms with Gasteiger partial charge in [-0.1, -0.05) is 35.6 Å². The van der Waals surface area contributed by atoms with Crippen molar-refractivity contribution in [1.29, 1.82) is 0 Å². The summed E-state index contributed by atoms with van der Waals surface area (Å²) in [7, 11) is 0. The van der Waals surface area contributed by atoms with Crippen LogP contribution in [0.2, 0.25) is 0 Å². The predicted octanol–water partition coefficient (Wildman–Crippen LogP) is 4.31. The van der Waals surface area contributed by atoms with Crippen molar-refractivity contribution in [2.24, 2.45) is 0 Å². The fraction of sp³-hybridized carbons (Fsp3) is 0.261. The first-order valence-electron chi connectivity index (χ1n) is 10.1. The summed E-state index contributed by atoms with van der Waals surface area (Å²) in [5.74, 6) is 1.26. The van der Waals surface area contributed by atoms with Gasteiger partial charge in [-0.3, -0.25) is 14.4 Å². The third-order valence-electron chi connectivity index (χ3n) is 4.76. The van der Waals surface area contributed by atoms with E-state index in [-0.39, 0.29) is 12.5 Å². The second kappa shape index (κ2) is 9.61. The first-order chi connectivity index (χ1) is 15.2. The second-order valence-electron chi connectivity index (χ2n) is 6.90. The molecule has 0 bridgehead atoms. The van der Waals surface area contributed by atoms with Crippen molar-refractivity contribution in [3.8, 4) is 11.5 Å². The van der Waals surface area contributed by atoms with Gasteiger partial charge in [0.05, 0.1) is 17.9 Å². The molecule has 0 aliphatic rings. The Hall–Kier alpha value is -3.39. The molecule has 4 rings (SSSR count). The van der Waals surface area contributed by atoms with Gasteiger partial charge in [0.15, 0.2) is 11.7 Å². The van der Waals surface area contributed by atoms with Gasteiger partial charge >= 0.3 is 0 Å². The highest BCUT2D eigenvalue weighted by atomic mass is 32.1. The molecule has 31 heavy (non-hydrogen) atoms. The summed E-state index contributed by atoms with van der Waals surface area (Å²) in [4.78, 5) is 19.6. The zero-order valence-electron chi connectivity index (χ0n) is 17.5. The summed E-state index contributed by atoms with van der Waals surface area (Å²) in [6.07, 6.45) is 3.59. The van der Waals surface area contributed by atoms with E-state index in [0.717, 1.165) is 21.5 Å². The molecule has 8 heteroatoms. The average molecular weight is 437 g/mol. The van der Waals surface area contributed by atoms with Gasteiger partial charge in [0.25, 0.3) is 5.91 Å². The van der Waals surface area contributed by atoms with Crippen molar-refractivity contribution < 1.29 is 14.3 Å². The third-order valence-corrected chi connectivity index (χ3v) is 5.80. The second-order valence-corrected chi connectivity index (χ2v) is 7.91. The maximum absolute atomic E-state index is 13.2. The van der Waals surface area contributed by atoms with Crippen LogP contribution in [0.3, 0.4) is 0 Å². The van der Waals surface area contributed by atoms with Crippen molar-refractivity contribution in [2.75, 3.05) is 24.7 Å². The van der Waals surface area contributed by atoms with E-state index in [4.69, 9.17) is 14.5 Å². The van der Waals surface area contributed by atoms with Crippen LogP contribution in [0.1, 0.15) is 12.5 Å². The quantitative estimate of drug-likeness (QED) is 0.391. The predicted molar refractivity (Wildman–Crippen MR) is 122 cm³/mol. The molecule has 160 valence electrons. The van der Waals surface area contributed by atoms with E-state index in [2.05, 4.69) is 5.10 Å². The Morgan fingerprint density at radius 1 is 1.10 bits per heavy atom. The van der Waals surface area contributed by atoms with E-state index in [9.17, 15) is 4.79 Å². The zero-order valence-corrected chi connectivity index (χ0v) is 18.3.